The van der Waals surface area contributed by atoms with Crippen LogP contribution in [0.4, 0.5) is 13.2 Å². The van der Waals surface area contributed by atoms with Gasteiger partial charge in [0, 0.05) is 18.5 Å². The van der Waals surface area contributed by atoms with Gasteiger partial charge in [-0.3, -0.25) is 9.69 Å². The Hall–Kier alpha value is -1.82. The first-order valence-corrected chi connectivity index (χ1v) is 11.7. The van der Waals surface area contributed by atoms with E-state index in [1.165, 1.54) is 19.2 Å². The molecule has 0 amide bonds. The normalized spacial score (nSPS) is 21.4. The van der Waals surface area contributed by atoms with Crippen molar-refractivity contribution in [2.75, 3.05) is 13.7 Å². The smallest absolute Gasteiger partial charge is 0.416 e. The minimum atomic E-state index is -4.35. The van der Waals surface area contributed by atoms with Gasteiger partial charge in [0.2, 0.25) is 0 Å². The highest BCUT2D eigenvalue weighted by Crippen LogP contribution is 2.39. The van der Waals surface area contributed by atoms with Crippen LogP contribution in [0.25, 0.3) is 0 Å². The largest absolute Gasteiger partial charge is 0.469 e. The predicted molar refractivity (Wildman–Crippen MR) is 122 cm³/mol. The predicted octanol–water partition coefficient (Wildman–Crippen LogP) is 7.04. The molecular weight excluding hydrogens is 415 g/mol. The van der Waals surface area contributed by atoms with E-state index in [0.717, 1.165) is 37.8 Å². The average Bonchev–Trinajstić information content (AvgIpc) is 2.73. The molecule has 1 fully saturated rings. The molecule has 0 N–H and O–H groups in total. The van der Waals surface area contributed by atoms with Crippen LogP contribution in [-0.2, 0) is 15.7 Å². The molecule has 0 aliphatic carbocycles. The number of carbonyl (C=O) groups excluding carboxylic acids is 1. The number of piperidine rings is 1. The molecule has 1 aliphatic heterocycles. The summed E-state index contributed by atoms with van der Waals surface area (Å²) in [5.74, 6) is 0.931. The van der Waals surface area contributed by atoms with Gasteiger partial charge >= 0.3 is 12.1 Å². The molecule has 180 valence electrons. The van der Waals surface area contributed by atoms with Gasteiger partial charge in [-0.15, -0.1) is 0 Å². The zero-order valence-electron chi connectivity index (χ0n) is 20.0. The minimum absolute atomic E-state index is 0.0327. The van der Waals surface area contributed by atoms with Crippen molar-refractivity contribution < 1.29 is 22.7 Å². The molecule has 2 rings (SSSR count). The van der Waals surface area contributed by atoms with Crippen molar-refractivity contribution in [1.82, 2.24) is 4.90 Å². The van der Waals surface area contributed by atoms with Gasteiger partial charge in [-0.25, -0.2) is 0 Å². The van der Waals surface area contributed by atoms with Crippen molar-refractivity contribution in [3.05, 3.63) is 47.5 Å². The molecule has 0 spiro atoms. The maximum atomic E-state index is 13.1. The molecule has 0 unspecified atom stereocenters. The lowest BCUT2D eigenvalue weighted by Crippen LogP contribution is -2.43. The van der Waals surface area contributed by atoms with Gasteiger partial charge in [-0.05, 0) is 67.7 Å². The van der Waals surface area contributed by atoms with Gasteiger partial charge in [-0.2, -0.15) is 13.2 Å². The van der Waals surface area contributed by atoms with Crippen molar-refractivity contribution in [2.45, 2.75) is 78.1 Å². The Labute approximate surface area is 191 Å². The highest BCUT2D eigenvalue weighted by molar-refractivity contribution is 5.69. The quantitative estimate of drug-likeness (QED) is 0.297. The van der Waals surface area contributed by atoms with Crippen LogP contribution in [-0.4, -0.2) is 30.6 Å². The van der Waals surface area contributed by atoms with E-state index < -0.39 is 11.7 Å². The number of esters is 1. The van der Waals surface area contributed by atoms with Gasteiger partial charge < -0.3 is 4.74 Å². The van der Waals surface area contributed by atoms with Crippen molar-refractivity contribution in [3.63, 3.8) is 0 Å². The molecule has 3 atom stereocenters. The van der Waals surface area contributed by atoms with E-state index in [2.05, 4.69) is 44.7 Å². The Bertz CT molecular complexity index is 740. The number of ether oxygens (including phenoxy) is 1. The first-order valence-electron chi connectivity index (χ1n) is 11.7. The van der Waals surface area contributed by atoms with Crippen LogP contribution in [0, 0.1) is 17.8 Å². The van der Waals surface area contributed by atoms with Crippen LogP contribution in [0.3, 0.4) is 0 Å². The second-order valence-electron chi connectivity index (χ2n) is 9.71. The Morgan fingerprint density at radius 1 is 1.12 bits per heavy atom. The summed E-state index contributed by atoms with van der Waals surface area (Å²) < 4.78 is 44.1. The maximum Gasteiger partial charge on any atom is 0.416 e. The zero-order valence-corrected chi connectivity index (χ0v) is 20.0. The lowest BCUT2D eigenvalue weighted by Gasteiger charge is -2.43. The fourth-order valence-corrected chi connectivity index (χ4v) is 4.41. The van der Waals surface area contributed by atoms with Crippen molar-refractivity contribution in [2.24, 2.45) is 17.8 Å². The van der Waals surface area contributed by atoms with E-state index >= 15 is 0 Å². The molecule has 0 saturated carbocycles. The molecular formula is C26H38F3NO2. The number of carbonyl (C=O) groups is 1. The number of likely N-dealkylation sites (tertiary alicyclic amines) is 1. The van der Waals surface area contributed by atoms with E-state index in [1.807, 2.05) is 0 Å². The number of hydrogen-bond acceptors (Lipinski definition) is 3. The van der Waals surface area contributed by atoms with E-state index in [4.69, 9.17) is 4.74 Å². The van der Waals surface area contributed by atoms with Crippen LogP contribution >= 0.6 is 0 Å². The van der Waals surface area contributed by atoms with E-state index in [0.29, 0.717) is 18.3 Å². The number of nitrogens with zero attached hydrogens (tertiary/aromatic N) is 1. The number of hydrogen-bond donors (Lipinski definition) is 0. The van der Waals surface area contributed by atoms with Gasteiger partial charge in [0.1, 0.15) is 0 Å². The van der Waals surface area contributed by atoms with Crippen molar-refractivity contribution >= 4 is 5.97 Å². The molecule has 1 heterocycles. The molecule has 0 aromatic heterocycles. The van der Waals surface area contributed by atoms with Gasteiger partial charge in [0.25, 0.3) is 0 Å². The van der Waals surface area contributed by atoms with Crippen LogP contribution in [0.2, 0.25) is 0 Å². The standard InChI is InChI=1S/C26H38F3NO2/c1-18(2)6-12-23(13-7-19(3)4)30-15-14-20(17-25(31)32-5)16-24(30)21-8-10-22(11-9-21)26(27,28)29/h6,8-12,18-20,23-24H,7,13-17H2,1-5H3/t20-,23-,24+/m1/s1. The molecule has 1 aromatic rings. The van der Waals surface area contributed by atoms with Crippen molar-refractivity contribution in [1.29, 1.82) is 0 Å². The second-order valence-corrected chi connectivity index (χ2v) is 9.71. The number of rotatable bonds is 9. The highest BCUT2D eigenvalue weighted by Gasteiger charge is 2.35. The molecule has 1 saturated heterocycles. The number of halogens is 3. The average molecular weight is 454 g/mol. The fourth-order valence-electron chi connectivity index (χ4n) is 4.41. The summed E-state index contributed by atoms with van der Waals surface area (Å²) in [7, 11) is 1.39. The summed E-state index contributed by atoms with van der Waals surface area (Å²) in [4.78, 5) is 14.3. The van der Waals surface area contributed by atoms with Crippen LogP contribution < -0.4 is 0 Å². The third-order valence-corrected chi connectivity index (χ3v) is 6.24. The number of benzene rings is 1. The fraction of sp³-hybridized carbons (Fsp3) is 0.654. The SMILES string of the molecule is COC(=O)C[C@@H]1CCN([C@H](C=CC(C)C)CCC(C)C)[C@H](c2ccc(C(F)(F)F)cc2)C1. The van der Waals surface area contributed by atoms with Gasteiger partial charge in [0.05, 0.1) is 12.7 Å². The summed E-state index contributed by atoms with van der Waals surface area (Å²) in [5, 5.41) is 0. The Kier molecular flexibility index (Phi) is 9.81. The number of alkyl halides is 3. The monoisotopic (exact) mass is 453 g/mol. The molecule has 1 aliphatic rings. The van der Waals surface area contributed by atoms with Crippen LogP contribution in [0.1, 0.15) is 77.0 Å². The van der Waals surface area contributed by atoms with E-state index in [9.17, 15) is 18.0 Å². The topological polar surface area (TPSA) is 29.5 Å². The highest BCUT2D eigenvalue weighted by atomic mass is 19.4. The summed E-state index contributed by atoms with van der Waals surface area (Å²) in [5.41, 5.74) is 0.242. The first kappa shape index (κ1) is 26.4. The lowest BCUT2D eigenvalue weighted by atomic mass is 9.83. The van der Waals surface area contributed by atoms with Crippen LogP contribution in [0.5, 0.6) is 0 Å². The third-order valence-electron chi connectivity index (χ3n) is 6.24. The van der Waals surface area contributed by atoms with Gasteiger partial charge in [0.15, 0.2) is 0 Å². The lowest BCUT2D eigenvalue weighted by molar-refractivity contribution is -0.142. The van der Waals surface area contributed by atoms with Gasteiger partial charge in [-0.1, -0.05) is 52.0 Å². The third kappa shape index (κ3) is 7.95. The molecule has 6 heteroatoms. The first-order chi connectivity index (χ1) is 15.0. The van der Waals surface area contributed by atoms with E-state index in [1.54, 1.807) is 12.1 Å². The summed E-state index contributed by atoms with van der Waals surface area (Å²) >= 11 is 0. The van der Waals surface area contributed by atoms with E-state index in [-0.39, 0.29) is 24.0 Å². The molecule has 1 aromatic carbocycles. The Balaban J connectivity index is 2.35. The maximum absolute atomic E-state index is 13.1. The van der Waals surface area contributed by atoms with Crippen LogP contribution in [0.15, 0.2) is 36.4 Å². The number of allylic oxidation sites excluding steroid dienone is 1. The minimum Gasteiger partial charge on any atom is -0.469 e. The molecule has 32 heavy (non-hydrogen) atoms. The second kappa shape index (κ2) is 11.9. The van der Waals surface area contributed by atoms with Crippen molar-refractivity contribution in [3.8, 4) is 0 Å². The Morgan fingerprint density at radius 2 is 1.78 bits per heavy atom. The Morgan fingerprint density at radius 3 is 2.31 bits per heavy atom. The summed E-state index contributed by atoms with van der Waals surface area (Å²) in [6, 6.07) is 5.73. The number of methoxy groups -OCH3 is 1. The summed E-state index contributed by atoms with van der Waals surface area (Å²) in [6.07, 6.45) is 4.17. The zero-order chi connectivity index (χ0) is 23.9. The molecule has 0 radical (unpaired) electrons. The molecule has 0 bridgehead atoms. The molecule has 3 nitrogen and oxygen atoms in total. The summed E-state index contributed by atoms with van der Waals surface area (Å²) in [6.45, 7) is 9.51.